The third-order valence-electron chi connectivity index (χ3n) is 17.3. The highest BCUT2D eigenvalue weighted by Crippen LogP contribution is 2.49. The van der Waals surface area contributed by atoms with Gasteiger partial charge in [0.15, 0.2) is 0 Å². The first-order chi connectivity index (χ1) is 39.4. The summed E-state index contributed by atoms with van der Waals surface area (Å²) in [6.45, 7) is 27.6. The molecule has 3 N–H and O–H groups in total. The fourth-order valence-electron chi connectivity index (χ4n) is 11.9. The Morgan fingerprint density at radius 2 is 0.585 bits per heavy atom. The number of unbranched alkanes of at least 4 members (excludes halogenated alkanes) is 12. The lowest BCUT2D eigenvalue weighted by Crippen LogP contribution is -2.32. The predicted octanol–water partition coefficient (Wildman–Crippen LogP) is 20.3. The van der Waals surface area contributed by atoms with Crippen LogP contribution in [0, 0.1) is 21.7 Å². The Balaban J connectivity index is 6.79. The van der Waals surface area contributed by atoms with Gasteiger partial charge in [0, 0.05) is 0 Å². The van der Waals surface area contributed by atoms with E-state index in [4.69, 9.17) is 37.0 Å². The van der Waals surface area contributed by atoms with Gasteiger partial charge in [-0.1, -0.05) is 246 Å². The smallest absolute Gasteiger partial charge is 0.388 e. The summed E-state index contributed by atoms with van der Waals surface area (Å²) in [6.07, 6.45) is 37.2. The molecule has 0 radical (unpaired) electrons. The van der Waals surface area contributed by atoms with Gasteiger partial charge in [-0.15, -0.1) is 0 Å². The molecule has 0 aromatic heterocycles. The lowest BCUT2D eigenvalue weighted by molar-refractivity contribution is -0.0507. The Kier molecular flexibility index (Phi) is 51.5. The number of ether oxygens (including phenoxy) is 4. The molecule has 82 heavy (non-hydrogen) atoms. The molecule has 0 heterocycles. The summed E-state index contributed by atoms with van der Waals surface area (Å²) in [5.74, 6) is 0. The fraction of sp³-hybridized carbons (Fsp3) is 1.00. The van der Waals surface area contributed by atoms with Gasteiger partial charge in [-0.2, -0.15) is 0 Å². The molecule has 6 atom stereocenters. The van der Waals surface area contributed by atoms with E-state index in [9.17, 15) is 24.0 Å². The average Bonchev–Trinajstić information content (AvgIpc) is 3.50. The highest BCUT2D eigenvalue weighted by Gasteiger charge is 2.37. The van der Waals surface area contributed by atoms with Gasteiger partial charge in [0.2, 0.25) is 0 Å². The number of hydrogen-bond donors (Lipinski definition) is 3. The minimum absolute atomic E-state index is 0.0218. The maximum Gasteiger partial charge on any atom is 0.472 e. The maximum atomic E-state index is 14.3. The molecule has 0 bridgehead atoms. The summed E-state index contributed by atoms with van der Waals surface area (Å²) in [5, 5.41) is 11.1. The van der Waals surface area contributed by atoms with E-state index < -0.39 is 47.2 Å². The molecule has 0 aliphatic heterocycles. The SMILES string of the molecule is CCCCC(CCCC)(CCCC)COCPCC(COCC(CCCC)(CCCC)CCCC)OP(=O)(O)OCC(COCC(CCCC)(CCCC)CCCC)OP(=O)(O)OCC(O)COCC(CCCC)(CCCC)CCCC. The second-order valence-corrected chi connectivity index (χ2v) is 29.4. The summed E-state index contributed by atoms with van der Waals surface area (Å²) >= 11 is 0. The highest BCUT2D eigenvalue weighted by atomic mass is 31.2. The van der Waals surface area contributed by atoms with Crippen LogP contribution < -0.4 is 0 Å². The summed E-state index contributed by atoms with van der Waals surface area (Å²) < 4.78 is 77.0. The zero-order chi connectivity index (χ0) is 61.3. The van der Waals surface area contributed by atoms with Crippen molar-refractivity contribution in [1.29, 1.82) is 0 Å². The Labute approximate surface area is 509 Å². The van der Waals surface area contributed by atoms with Crippen LogP contribution in [0.2, 0.25) is 0 Å². The van der Waals surface area contributed by atoms with Gasteiger partial charge in [0.1, 0.15) is 12.2 Å². The van der Waals surface area contributed by atoms with Gasteiger partial charge in [-0.25, -0.2) is 9.13 Å². The second-order valence-electron chi connectivity index (χ2n) is 25.4. The molecule has 16 heteroatoms. The Bertz CT molecular complexity index is 1440. The molecule has 0 fully saturated rings. The monoisotopic (exact) mass is 1230 g/mol. The van der Waals surface area contributed by atoms with E-state index >= 15 is 0 Å². The van der Waals surface area contributed by atoms with Crippen molar-refractivity contribution >= 4 is 24.2 Å². The van der Waals surface area contributed by atoms with Crippen molar-refractivity contribution in [1.82, 2.24) is 0 Å². The van der Waals surface area contributed by atoms with Crippen molar-refractivity contribution in [2.75, 3.05) is 72.0 Å². The fourth-order valence-corrected chi connectivity index (χ4v) is 14.7. The topological polar surface area (TPSA) is 169 Å². The normalized spacial score (nSPS) is 15.6. The number of rotatable bonds is 64. The van der Waals surface area contributed by atoms with Crippen LogP contribution in [-0.2, 0) is 46.2 Å². The van der Waals surface area contributed by atoms with Crippen molar-refractivity contribution in [3.63, 3.8) is 0 Å². The van der Waals surface area contributed by atoms with E-state index in [0.717, 1.165) is 212 Å². The van der Waals surface area contributed by atoms with E-state index in [2.05, 4.69) is 83.1 Å². The Hall–Kier alpha value is 0.450. The van der Waals surface area contributed by atoms with Crippen LogP contribution in [0.25, 0.3) is 0 Å². The first-order valence-corrected chi connectivity index (χ1v) is 38.8. The zero-order valence-electron chi connectivity index (χ0n) is 55.8. The quantitative estimate of drug-likeness (QED) is 0.0389. The van der Waals surface area contributed by atoms with Gasteiger partial charge < -0.3 is 33.8 Å². The standard InChI is InChI=1S/C66H137O13P3/c1-13-25-37-63(38-26-14-2,39-27-15-3)55-72-49-60(67)50-76-81(68,69)78-61(51-73-56-64(40-28-16-4,41-29-17-5)42-30-18-6)53-77-82(70,71)79-62(52-74-57-65(43-31-19-7,44-32-20-8)45-33-21-9)54-80-59-75-58-66(46-34-22-10,47-35-23-11)48-36-24-12/h60-62,67,80H,13-59H2,1-12H3,(H,68,69)(H,70,71). The molecule has 0 rings (SSSR count). The van der Waals surface area contributed by atoms with Crippen molar-refractivity contribution in [3.05, 3.63) is 0 Å². The van der Waals surface area contributed by atoms with E-state index in [-0.39, 0.29) is 50.1 Å². The van der Waals surface area contributed by atoms with Crippen LogP contribution in [0.4, 0.5) is 0 Å². The van der Waals surface area contributed by atoms with Crippen molar-refractivity contribution < 1.29 is 61.1 Å². The molecule has 0 saturated carbocycles. The lowest BCUT2D eigenvalue weighted by atomic mass is 9.75. The van der Waals surface area contributed by atoms with Gasteiger partial charge in [-0.3, -0.25) is 18.1 Å². The Morgan fingerprint density at radius 3 is 0.878 bits per heavy atom. The molecule has 0 saturated heterocycles. The van der Waals surface area contributed by atoms with E-state index in [0.29, 0.717) is 38.9 Å². The zero-order valence-corrected chi connectivity index (χ0v) is 58.6. The third kappa shape index (κ3) is 40.2. The molecular formula is C66H137O13P3. The lowest BCUT2D eigenvalue weighted by Gasteiger charge is -2.35. The van der Waals surface area contributed by atoms with Crippen LogP contribution in [0.3, 0.4) is 0 Å². The second kappa shape index (κ2) is 51.2. The van der Waals surface area contributed by atoms with Crippen LogP contribution >= 0.6 is 24.2 Å². The van der Waals surface area contributed by atoms with Crippen LogP contribution in [0.5, 0.6) is 0 Å². The van der Waals surface area contributed by atoms with Gasteiger partial charge in [0.05, 0.1) is 71.9 Å². The molecule has 0 amide bonds. The molecule has 0 spiro atoms. The predicted molar refractivity (Wildman–Crippen MR) is 348 cm³/mol. The van der Waals surface area contributed by atoms with Crippen molar-refractivity contribution in [2.45, 2.75) is 333 Å². The first kappa shape index (κ1) is 82.5. The largest absolute Gasteiger partial charge is 0.472 e. The third-order valence-corrected chi connectivity index (χ3v) is 20.5. The average molecular weight is 1230 g/mol. The maximum absolute atomic E-state index is 14.3. The van der Waals surface area contributed by atoms with Gasteiger partial charge >= 0.3 is 15.6 Å². The molecule has 0 aromatic carbocycles. The summed E-state index contributed by atoms with van der Waals surface area (Å²) in [6, 6.07) is 0. The highest BCUT2D eigenvalue weighted by molar-refractivity contribution is 7.47. The van der Waals surface area contributed by atoms with E-state index in [1.807, 2.05) is 0 Å². The number of hydrogen-bond acceptors (Lipinski definition) is 11. The van der Waals surface area contributed by atoms with Crippen LogP contribution in [0.1, 0.15) is 314 Å². The summed E-state index contributed by atoms with van der Waals surface area (Å²) in [4.78, 5) is 22.9. The molecule has 6 unspecified atom stereocenters. The Morgan fingerprint density at radius 1 is 0.341 bits per heavy atom. The van der Waals surface area contributed by atoms with Gasteiger partial charge in [-0.05, 0) is 105 Å². The molecule has 0 aromatic rings. The van der Waals surface area contributed by atoms with Crippen molar-refractivity contribution in [2.24, 2.45) is 21.7 Å². The molecule has 0 aliphatic carbocycles. The number of aliphatic hydroxyl groups is 1. The molecule has 0 aliphatic rings. The van der Waals surface area contributed by atoms with Crippen LogP contribution in [-0.4, -0.2) is 105 Å². The number of phosphoric ester groups is 2. The minimum Gasteiger partial charge on any atom is -0.388 e. The first-order valence-electron chi connectivity index (χ1n) is 34.4. The number of aliphatic hydroxyl groups excluding tert-OH is 1. The van der Waals surface area contributed by atoms with Crippen molar-refractivity contribution in [3.8, 4) is 0 Å². The number of phosphoric acid groups is 2. The van der Waals surface area contributed by atoms with E-state index in [1.54, 1.807) is 0 Å². The van der Waals surface area contributed by atoms with Crippen LogP contribution in [0.15, 0.2) is 0 Å². The summed E-state index contributed by atoms with van der Waals surface area (Å²) in [7, 11) is -9.43. The molecular weight excluding hydrogens is 1090 g/mol. The molecule has 13 nitrogen and oxygen atoms in total. The molecule has 494 valence electrons. The van der Waals surface area contributed by atoms with Gasteiger partial charge in [0.25, 0.3) is 0 Å². The summed E-state index contributed by atoms with van der Waals surface area (Å²) in [5.41, 5.74) is 0.113. The van der Waals surface area contributed by atoms with E-state index in [1.165, 1.54) is 19.3 Å². The minimum atomic E-state index is -4.88.